The van der Waals surface area contributed by atoms with Crippen molar-refractivity contribution in [1.29, 1.82) is 0 Å². The molecule has 94 valence electrons. The Balaban J connectivity index is 1.82. The van der Waals surface area contributed by atoms with Crippen LogP contribution in [0.1, 0.15) is 19.3 Å². The number of hydrogen-bond acceptors (Lipinski definition) is 5. The summed E-state index contributed by atoms with van der Waals surface area (Å²) in [5, 5.41) is 11.7. The lowest BCUT2D eigenvalue weighted by Crippen LogP contribution is -2.30. The fourth-order valence-corrected chi connectivity index (χ4v) is 2.62. The smallest absolute Gasteiger partial charge is 0.243 e. The molecule has 3 rings (SSSR count). The predicted molar refractivity (Wildman–Crippen MR) is 71.1 cm³/mol. The van der Waals surface area contributed by atoms with E-state index in [0.717, 1.165) is 24.0 Å². The monoisotopic (exact) mass is 243 g/mol. The summed E-state index contributed by atoms with van der Waals surface area (Å²) in [6.45, 7) is 0.721. The van der Waals surface area contributed by atoms with Crippen LogP contribution in [0.2, 0.25) is 0 Å². The van der Waals surface area contributed by atoms with Gasteiger partial charge in [-0.2, -0.15) is 0 Å². The third-order valence-electron chi connectivity index (χ3n) is 3.64. The molecule has 5 nitrogen and oxygen atoms in total. The summed E-state index contributed by atoms with van der Waals surface area (Å²) >= 11 is 0. The standard InChI is InChI=1S/C13H17N5/c14-8-9-4-3-7-10(9)15-13-16-11-5-1-2-6-12(11)17-18-13/h1-2,5-6,9-10H,3-4,7-8,14H2,(H,15,16,18). The molecule has 2 aromatic rings. The topological polar surface area (TPSA) is 76.7 Å². The summed E-state index contributed by atoms with van der Waals surface area (Å²) < 4.78 is 0. The van der Waals surface area contributed by atoms with Crippen molar-refractivity contribution in [3.05, 3.63) is 24.3 Å². The number of hydrogen-bond donors (Lipinski definition) is 2. The lowest BCUT2D eigenvalue weighted by Gasteiger charge is -2.18. The van der Waals surface area contributed by atoms with Crippen LogP contribution in [0.15, 0.2) is 24.3 Å². The summed E-state index contributed by atoms with van der Waals surface area (Å²) in [6, 6.07) is 8.14. The molecule has 3 N–H and O–H groups in total. The fraction of sp³-hybridized carbons (Fsp3) is 0.462. The average molecular weight is 243 g/mol. The van der Waals surface area contributed by atoms with Gasteiger partial charge in [-0.25, -0.2) is 4.98 Å². The SMILES string of the molecule is NCC1CCCC1Nc1nnc2ccccc2n1. The van der Waals surface area contributed by atoms with Crippen LogP contribution < -0.4 is 11.1 Å². The van der Waals surface area contributed by atoms with E-state index in [4.69, 9.17) is 5.73 Å². The highest BCUT2D eigenvalue weighted by Gasteiger charge is 2.26. The molecule has 0 amide bonds. The van der Waals surface area contributed by atoms with E-state index in [1.807, 2.05) is 24.3 Å². The second-order valence-electron chi connectivity index (χ2n) is 4.80. The molecule has 1 aliphatic carbocycles. The lowest BCUT2D eigenvalue weighted by atomic mass is 10.0. The molecule has 2 atom stereocenters. The fourth-order valence-electron chi connectivity index (χ4n) is 2.62. The van der Waals surface area contributed by atoms with Crippen LogP contribution in [0.4, 0.5) is 5.95 Å². The number of para-hydroxylation sites is 1. The number of benzene rings is 1. The van der Waals surface area contributed by atoms with E-state index in [9.17, 15) is 0 Å². The molecule has 18 heavy (non-hydrogen) atoms. The molecule has 2 unspecified atom stereocenters. The average Bonchev–Trinajstić information content (AvgIpc) is 2.86. The predicted octanol–water partition coefficient (Wildman–Crippen LogP) is 1.56. The van der Waals surface area contributed by atoms with Crippen molar-refractivity contribution in [2.75, 3.05) is 11.9 Å². The van der Waals surface area contributed by atoms with Crippen LogP contribution in [-0.4, -0.2) is 27.8 Å². The molecule has 1 aliphatic rings. The first-order chi connectivity index (χ1) is 8.86. The second-order valence-corrected chi connectivity index (χ2v) is 4.80. The maximum Gasteiger partial charge on any atom is 0.243 e. The van der Waals surface area contributed by atoms with E-state index < -0.39 is 0 Å². The summed E-state index contributed by atoms with van der Waals surface area (Å²) in [4.78, 5) is 4.48. The van der Waals surface area contributed by atoms with Gasteiger partial charge in [0.05, 0.1) is 5.52 Å². The lowest BCUT2D eigenvalue weighted by molar-refractivity contribution is 0.514. The largest absolute Gasteiger partial charge is 0.350 e. The third kappa shape index (κ3) is 2.13. The van der Waals surface area contributed by atoms with Gasteiger partial charge >= 0.3 is 0 Å². The molecule has 1 fully saturated rings. The molecule has 0 saturated heterocycles. The van der Waals surface area contributed by atoms with Gasteiger partial charge in [0, 0.05) is 6.04 Å². The third-order valence-corrected chi connectivity index (χ3v) is 3.64. The molecule has 0 radical (unpaired) electrons. The summed E-state index contributed by atoms with van der Waals surface area (Å²) in [6.07, 6.45) is 3.55. The van der Waals surface area contributed by atoms with Crippen molar-refractivity contribution in [3.8, 4) is 0 Å². The van der Waals surface area contributed by atoms with Crippen LogP contribution in [0.3, 0.4) is 0 Å². The second kappa shape index (κ2) is 4.86. The minimum atomic E-state index is 0.387. The molecule has 1 heterocycles. The normalized spacial score (nSPS) is 23.4. The summed E-state index contributed by atoms with van der Waals surface area (Å²) in [5.74, 6) is 1.14. The van der Waals surface area contributed by atoms with Gasteiger partial charge in [0.25, 0.3) is 0 Å². The highest BCUT2D eigenvalue weighted by molar-refractivity contribution is 5.74. The van der Waals surface area contributed by atoms with Crippen molar-refractivity contribution in [2.45, 2.75) is 25.3 Å². The Morgan fingerprint density at radius 2 is 2.00 bits per heavy atom. The zero-order valence-electron chi connectivity index (χ0n) is 10.2. The molecule has 0 spiro atoms. The highest BCUT2D eigenvalue weighted by Crippen LogP contribution is 2.26. The van der Waals surface area contributed by atoms with E-state index in [0.29, 0.717) is 17.9 Å². The van der Waals surface area contributed by atoms with E-state index in [-0.39, 0.29) is 0 Å². The van der Waals surface area contributed by atoms with Crippen LogP contribution in [-0.2, 0) is 0 Å². The van der Waals surface area contributed by atoms with Crippen molar-refractivity contribution < 1.29 is 0 Å². The number of nitrogens with two attached hydrogens (primary N) is 1. The van der Waals surface area contributed by atoms with Crippen LogP contribution in [0, 0.1) is 5.92 Å². The molecule has 1 aromatic heterocycles. The van der Waals surface area contributed by atoms with Crippen LogP contribution >= 0.6 is 0 Å². The molecular weight excluding hydrogens is 226 g/mol. The summed E-state index contributed by atoms with van der Waals surface area (Å²) in [7, 11) is 0. The maximum atomic E-state index is 5.77. The molecule has 1 aromatic carbocycles. The van der Waals surface area contributed by atoms with Gasteiger partial charge in [-0.15, -0.1) is 10.2 Å². The summed E-state index contributed by atoms with van der Waals surface area (Å²) in [5.41, 5.74) is 7.47. The van der Waals surface area contributed by atoms with Gasteiger partial charge in [-0.05, 0) is 37.4 Å². The first-order valence-electron chi connectivity index (χ1n) is 6.43. The van der Waals surface area contributed by atoms with E-state index in [1.165, 1.54) is 12.8 Å². The van der Waals surface area contributed by atoms with Crippen molar-refractivity contribution >= 4 is 17.0 Å². The first kappa shape index (κ1) is 11.3. The van der Waals surface area contributed by atoms with Crippen molar-refractivity contribution in [3.63, 3.8) is 0 Å². The Morgan fingerprint density at radius 3 is 2.83 bits per heavy atom. The van der Waals surface area contributed by atoms with E-state index >= 15 is 0 Å². The Kier molecular flexibility index (Phi) is 3.06. The molecular formula is C13H17N5. The number of nitrogens with one attached hydrogen (secondary N) is 1. The van der Waals surface area contributed by atoms with Gasteiger partial charge in [-0.1, -0.05) is 18.6 Å². The molecule has 0 aliphatic heterocycles. The van der Waals surface area contributed by atoms with Crippen LogP contribution in [0.25, 0.3) is 11.0 Å². The minimum absolute atomic E-state index is 0.387. The Morgan fingerprint density at radius 1 is 1.17 bits per heavy atom. The zero-order valence-corrected chi connectivity index (χ0v) is 10.2. The van der Waals surface area contributed by atoms with E-state index in [1.54, 1.807) is 0 Å². The first-order valence-corrected chi connectivity index (χ1v) is 6.43. The van der Waals surface area contributed by atoms with Crippen LogP contribution in [0.5, 0.6) is 0 Å². The van der Waals surface area contributed by atoms with Crippen molar-refractivity contribution in [1.82, 2.24) is 15.2 Å². The Bertz CT molecular complexity index is 542. The van der Waals surface area contributed by atoms with E-state index in [2.05, 4.69) is 20.5 Å². The number of fused-ring (bicyclic) bond motifs is 1. The van der Waals surface area contributed by atoms with Gasteiger partial charge < -0.3 is 11.1 Å². The zero-order chi connectivity index (χ0) is 12.4. The highest BCUT2D eigenvalue weighted by atomic mass is 15.2. The Labute approximate surface area is 106 Å². The van der Waals surface area contributed by atoms with Gasteiger partial charge in [0.15, 0.2) is 0 Å². The van der Waals surface area contributed by atoms with Gasteiger partial charge in [0.2, 0.25) is 5.95 Å². The number of aromatic nitrogens is 3. The van der Waals surface area contributed by atoms with Gasteiger partial charge in [-0.3, -0.25) is 0 Å². The number of rotatable bonds is 3. The quantitative estimate of drug-likeness (QED) is 0.855. The number of anilines is 1. The minimum Gasteiger partial charge on any atom is -0.350 e. The molecule has 5 heteroatoms. The maximum absolute atomic E-state index is 5.77. The molecule has 1 saturated carbocycles. The van der Waals surface area contributed by atoms with Gasteiger partial charge in [0.1, 0.15) is 5.52 Å². The molecule has 0 bridgehead atoms. The van der Waals surface area contributed by atoms with Crippen molar-refractivity contribution in [2.24, 2.45) is 11.7 Å². The Hall–Kier alpha value is -1.75. The number of nitrogens with zero attached hydrogens (tertiary/aromatic N) is 3.